The predicted molar refractivity (Wildman–Crippen MR) is 105 cm³/mol. The van der Waals surface area contributed by atoms with Gasteiger partial charge in [-0.1, -0.05) is 32.9 Å². The summed E-state index contributed by atoms with van der Waals surface area (Å²) in [5, 5.41) is 14.9. The molecule has 2 aromatic rings. The van der Waals surface area contributed by atoms with Crippen LogP contribution in [0.5, 0.6) is 0 Å². The Bertz CT molecular complexity index is 938. The number of nitrogens with one attached hydrogen (secondary N) is 2. The number of benzene rings is 2. The maximum atomic E-state index is 12.4. The third-order valence-electron chi connectivity index (χ3n) is 4.36. The summed E-state index contributed by atoms with van der Waals surface area (Å²) in [5.41, 5.74) is 3.15. The zero-order chi connectivity index (χ0) is 19.6. The third kappa shape index (κ3) is 4.26. The van der Waals surface area contributed by atoms with Crippen LogP contribution >= 0.6 is 0 Å². The molecular weight excluding hydrogens is 340 g/mol. The molecule has 0 fully saturated rings. The summed E-state index contributed by atoms with van der Waals surface area (Å²) in [6, 6.07) is 14.9. The molecule has 6 heteroatoms. The van der Waals surface area contributed by atoms with Crippen LogP contribution in [0.3, 0.4) is 0 Å². The minimum Gasteiger partial charge on any atom is -0.358 e. The molecule has 2 N–H and O–H groups in total. The van der Waals surface area contributed by atoms with Crippen molar-refractivity contribution >= 4 is 28.9 Å². The van der Waals surface area contributed by atoms with Crippen LogP contribution in [0, 0.1) is 16.7 Å². The first-order chi connectivity index (χ1) is 12.8. The Morgan fingerprint density at radius 1 is 1.19 bits per heavy atom. The molecular formula is C21H22N4O2. The fourth-order valence-electron chi connectivity index (χ4n) is 2.81. The SMILES string of the molecule is CC(C)(C)C(=O)Nc1ccc2c(c1)NC(=O)CN(c1cccc(C#N)c1)C2. The molecule has 0 aromatic heterocycles. The summed E-state index contributed by atoms with van der Waals surface area (Å²) in [6.45, 7) is 6.26. The molecule has 0 atom stereocenters. The molecule has 2 aromatic carbocycles. The van der Waals surface area contributed by atoms with Crippen molar-refractivity contribution < 1.29 is 9.59 Å². The van der Waals surface area contributed by atoms with E-state index in [-0.39, 0.29) is 18.4 Å². The van der Waals surface area contributed by atoms with Gasteiger partial charge in [-0.3, -0.25) is 9.59 Å². The molecule has 2 amide bonds. The topological polar surface area (TPSA) is 85.2 Å². The van der Waals surface area contributed by atoms with Gasteiger partial charge in [-0.25, -0.2) is 0 Å². The van der Waals surface area contributed by atoms with E-state index in [9.17, 15) is 9.59 Å². The van der Waals surface area contributed by atoms with Gasteiger partial charge in [0.25, 0.3) is 0 Å². The van der Waals surface area contributed by atoms with Crippen LogP contribution in [0.25, 0.3) is 0 Å². The van der Waals surface area contributed by atoms with Gasteiger partial charge in [0, 0.05) is 29.0 Å². The smallest absolute Gasteiger partial charge is 0.243 e. The van der Waals surface area contributed by atoms with Gasteiger partial charge in [0.05, 0.1) is 18.2 Å². The Morgan fingerprint density at radius 2 is 1.96 bits per heavy atom. The first-order valence-corrected chi connectivity index (χ1v) is 8.75. The van der Waals surface area contributed by atoms with Crippen LogP contribution in [0.2, 0.25) is 0 Å². The Labute approximate surface area is 158 Å². The average molecular weight is 362 g/mol. The Kier molecular flexibility index (Phi) is 4.87. The first-order valence-electron chi connectivity index (χ1n) is 8.75. The van der Waals surface area contributed by atoms with Crippen LogP contribution in [0.1, 0.15) is 31.9 Å². The van der Waals surface area contributed by atoms with E-state index in [1.165, 1.54) is 0 Å². The number of nitrogens with zero attached hydrogens (tertiary/aromatic N) is 2. The Morgan fingerprint density at radius 3 is 2.67 bits per heavy atom. The fourth-order valence-corrected chi connectivity index (χ4v) is 2.81. The van der Waals surface area contributed by atoms with Gasteiger partial charge in [0.2, 0.25) is 11.8 Å². The first kappa shape index (κ1) is 18.5. The zero-order valence-corrected chi connectivity index (χ0v) is 15.7. The average Bonchev–Trinajstić information content (AvgIpc) is 2.78. The molecule has 6 nitrogen and oxygen atoms in total. The second-order valence-corrected chi connectivity index (χ2v) is 7.64. The highest BCUT2D eigenvalue weighted by molar-refractivity contribution is 5.98. The molecule has 138 valence electrons. The highest BCUT2D eigenvalue weighted by Gasteiger charge is 2.23. The van der Waals surface area contributed by atoms with Crippen molar-refractivity contribution in [2.75, 3.05) is 22.1 Å². The van der Waals surface area contributed by atoms with Crippen LogP contribution in [-0.2, 0) is 16.1 Å². The molecule has 27 heavy (non-hydrogen) atoms. The third-order valence-corrected chi connectivity index (χ3v) is 4.36. The van der Waals surface area contributed by atoms with Crippen LogP contribution < -0.4 is 15.5 Å². The minimum absolute atomic E-state index is 0.0858. The molecule has 0 spiro atoms. The van der Waals surface area contributed by atoms with E-state index in [0.29, 0.717) is 23.5 Å². The van der Waals surface area contributed by atoms with Gasteiger partial charge in [-0.2, -0.15) is 5.26 Å². The van der Waals surface area contributed by atoms with Crippen molar-refractivity contribution in [1.82, 2.24) is 0 Å². The van der Waals surface area contributed by atoms with E-state index in [4.69, 9.17) is 5.26 Å². The maximum Gasteiger partial charge on any atom is 0.243 e. The van der Waals surface area contributed by atoms with Crippen LogP contribution in [0.15, 0.2) is 42.5 Å². The maximum absolute atomic E-state index is 12.4. The predicted octanol–water partition coefficient (Wildman–Crippen LogP) is 3.50. The van der Waals surface area contributed by atoms with Crippen LogP contribution in [-0.4, -0.2) is 18.4 Å². The fraction of sp³-hybridized carbons (Fsp3) is 0.286. The molecule has 1 aliphatic rings. The monoisotopic (exact) mass is 362 g/mol. The summed E-state index contributed by atoms with van der Waals surface area (Å²) in [7, 11) is 0. The molecule has 0 saturated carbocycles. The Balaban J connectivity index is 1.87. The molecule has 0 aliphatic carbocycles. The van der Waals surface area contributed by atoms with E-state index in [0.717, 1.165) is 11.3 Å². The van der Waals surface area contributed by atoms with Crippen molar-refractivity contribution in [1.29, 1.82) is 5.26 Å². The lowest BCUT2D eigenvalue weighted by atomic mass is 9.95. The van der Waals surface area contributed by atoms with Gasteiger partial charge >= 0.3 is 0 Å². The van der Waals surface area contributed by atoms with Gasteiger partial charge < -0.3 is 15.5 Å². The summed E-state index contributed by atoms with van der Waals surface area (Å²) in [6.07, 6.45) is 0. The number of amides is 2. The van der Waals surface area contributed by atoms with Crippen molar-refractivity contribution in [2.45, 2.75) is 27.3 Å². The molecule has 0 unspecified atom stereocenters. The number of carbonyl (C=O) groups is 2. The summed E-state index contributed by atoms with van der Waals surface area (Å²) < 4.78 is 0. The van der Waals surface area contributed by atoms with E-state index in [1.807, 2.05) is 49.9 Å². The second-order valence-electron chi connectivity index (χ2n) is 7.64. The second kappa shape index (κ2) is 7.12. The van der Waals surface area contributed by atoms with E-state index >= 15 is 0 Å². The summed E-state index contributed by atoms with van der Waals surface area (Å²) >= 11 is 0. The van der Waals surface area contributed by atoms with Crippen molar-refractivity contribution in [2.24, 2.45) is 5.41 Å². The summed E-state index contributed by atoms with van der Waals surface area (Å²) in [4.78, 5) is 26.5. The molecule has 0 saturated heterocycles. The molecule has 1 aliphatic heterocycles. The zero-order valence-electron chi connectivity index (χ0n) is 15.7. The lowest BCUT2D eigenvalue weighted by molar-refractivity contribution is -0.123. The number of rotatable bonds is 2. The van der Waals surface area contributed by atoms with Crippen LogP contribution in [0.4, 0.5) is 17.1 Å². The molecule has 3 rings (SSSR count). The molecule has 1 heterocycles. The number of fused-ring (bicyclic) bond motifs is 1. The Hall–Kier alpha value is -3.33. The number of nitriles is 1. The number of hydrogen-bond donors (Lipinski definition) is 2. The van der Waals surface area contributed by atoms with E-state index < -0.39 is 5.41 Å². The van der Waals surface area contributed by atoms with E-state index in [1.54, 1.807) is 18.2 Å². The number of anilines is 3. The van der Waals surface area contributed by atoms with Gasteiger partial charge in [0.15, 0.2) is 0 Å². The molecule has 0 radical (unpaired) electrons. The van der Waals surface area contributed by atoms with Gasteiger partial charge in [-0.05, 0) is 35.9 Å². The standard InChI is InChI=1S/C21H22N4O2/c1-21(2,3)20(27)23-16-8-7-15-12-25(13-19(26)24-18(15)10-16)17-6-4-5-14(9-17)11-22/h4-10H,12-13H2,1-3H3,(H,23,27)(H,24,26). The highest BCUT2D eigenvalue weighted by Crippen LogP contribution is 2.28. The largest absolute Gasteiger partial charge is 0.358 e. The van der Waals surface area contributed by atoms with Crippen molar-refractivity contribution in [3.63, 3.8) is 0 Å². The number of carbonyl (C=O) groups excluding carboxylic acids is 2. The van der Waals surface area contributed by atoms with E-state index in [2.05, 4.69) is 16.7 Å². The number of hydrogen-bond acceptors (Lipinski definition) is 4. The van der Waals surface area contributed by atoms with Gasteiger partial charge in [0.1, 0.15) is 0 Å². The normalized spacial score (nSPS) is 13.9. The van der Waals surface area contributed by atoms with Crippen molar-refractivity contribution in [3.05, 3.63) is 53.6 Å². The quantitative estimate of drug-likeness (QED) is 0.856. The van der Waals surface area contributed by atoms with Gasteiger partial charge in [-0.15, -0.1) is 0 Å². The lowest BCUT2D eigenvalue weighted by Crippen LogP contribution is -2.29. The minimum atomic E-state index is -0.501. The molecule has 0 bridgehead atoms. The summed E-state index contributed by atoms with van der Waals surface area (Å²) in [5.74, 6) is -0.229. The highest BCUT2D eigenvalue weighted by atomic mass is 16.2. The van der Waals surface area contributed by atoms with Crippen molar-refractivity contribution in [3.8, 4) is 6.07 Å². The lowest BCUT2D eigenvalue weighted by Gasteiger charge is -2.22.